The largest absolute Gasteiger partial charge is 0.465 e. The van der Waals surface area contributed by atoms with Gasteiger partial charge in [0.1, 0.15) is 5.01 Å². The van der Waals surface area contributed by atoms with Gasteiger partial charge in [0.25, 0.3) is 10.0 Å². The number of hydrogen-bond donors (Lipinski definition) is 2. The number of unbranched alkanes of at least 4 members (excludes halogenated alkanes) is 2. The number of rotatable bonds is 10. The average Bonchev–Trinajstić information content (AvgIpc) is 3.06. The highest BCUT2D eigenvalue weighted by molar-refractivity contribution is 7.93. The Kier molecular flexibility index (Phi) is 7.76. The summed E-state index contributed by atoms with van der Waals surface area (Å²) in [5, 5.41) is 18.3. The molecular formula is C18H26N4O4S2. The lowest BCUT2D eigenvalue weighted by atomic mass is 10.2. The van der Waals surface area contributed by atoms with Crippen LogP contribution in [-0.4, -0.2) is 36.4 Å². The maximum atomic E-state index is 12.6. The predicted molar refractivity (Wildman–Crippen MR) is 111 cm³/mol. The van der Waals surface area contributed by atoms with Crippen LogP contribution in [0.4, 0.5) is 15.6 Å². The van der Waals surface area contributed by atoms with Gasteiger partial charge in [0.15, 0.2) is 0 Å². The number of nitrogens with one attached hydrogen (secondary N) is 1. The van der Waals surface area contributed by atoms with E-state index in [0.29, 0.717) is 12.2 Å². The molecule has 0 spiro atoms. The minimum absolute atomic E-state index is 0.0360. The lowest BCUT2D eigenvalue weighted by Gasteiger charge is -2.21. The molecule has 1 amide bonds. The number of carboxylic acid groups (broad SMARTS) is 1. The first-order valence-corrected chi connectivity index (χ1v) is 11.5. The minimum atomic E-state index is -3.82. The van der Waals surface area contributed by atoms with Gasteiger partial charge in [-0.05, 0) is 36.6 Å². The highest BCUT2D eigenvalue weighted by atomic mass is 32.2. The van der Waals surface area contributed by atoms with E-state index < -0.39 is 16.1 Å². The van der Waals surface area contributed by atoms with Crippen molar-refractivity contribution >= 4 is 38.3 Å². The molecule has 2 N–H and O–H groups in total. The van der Waals surface area contributed by atoms with Crippen LogP contribution in [0.3, 0.4) is 0 Å². The average molecular weight is 427 g/mol. The third-order valence-corrected chi connectivity index (χ3v) is 6.30. The second-order valence-corrected chi connectivity index (χ2v) is 9.59. The SMILES string of the molecule is CCCCCc1nnc(NS(=O)(=O)c2ccc(N(CC(C)C)C(=O)O)cc2)s1. The second-order valence-electron chi connectivity index (χ2n) is 6.84. The molecule has 8 nitrogen and oxygen atoms in total. The molecule has 28 heavy (non-hydrogen) atoms. The number of aryl methyl sites for hydroxylation is 1. The van der Waals surface area contributed by atoms with Crippen LogP contribution in [0.25, 0.3) is 0 Å². The summed E-state index contributed by atoms with van der Waals surface area (Å²) in [5.41, 5.74) is 0.425. The zero-order valence-corrected chi connectivity index (χ0v) is 17.9. The number of benzene rings is 1. The van der Waals surface area contributed by atoms with Crippen molar-refractivity contribution in [3.05, 3.63) is 29.3 Å². The van der Waals surface area contributed by atoms with Crippen LogP contribution in [0.5, 0.6) is 0 Å². The van der Waals surface area contributed by atoms with Gasteiger partial charge in [0.2, 0.25) is 5.13 Å². The van der Waals surface area contributed by atoms with Crippen LogP contribution in [0.2, 0.25) is 0 Å². The van der Waals surface area contributed by atoms with Crippen molar-refractivity contribution in [1.82, 2.24) is 10.2 Å². The van der Waals surface area contributed by atoms with Gasteiger partial charge in [0.05, 0.1) is 4.90 Å². The van der Waals surface area contributed by atoms with Gasteiger partial charge in [-0.1, -0.05) is 44.9 Å². The fourth-order valence-electron chi connectivity index (χ4n) is 2.56. The molecule has 0 bridgehead atoms. The molecule has 1 aromatic carbocycles. The van der Waals surface area contributed by atoms with Crippen LogP contribution >= 0.6 is 11.3 Å². The Bertz CT molecular complexity index is 879. The molecule has 0 radical (unpaired) electrons. The van der Waals surface area contributed by atoms with Gasteiger partial charge in [-0.2, -0.15) is 0 Å². The minimum Gasteiger partial charge on any atom is -0.465 e. The van der Waals surface area contributed by atoms with Crippen LogP contribution in [-0.2, 0) is 16.4 Å². The first-order valence-electron chi connectivity index (χ1n) is 9.18. The molecule has 1 aromatic heterocycles. The topological polar surface area (TPSA) is 112 Å². The maximum Gasteiger partial charge on any atom is 0.411 e. The molecule has 0 fully saturated rings. The number of anilines is 2. The summed E-state index contributed by atoms with van der Waals surface area (Å²) in [7, 11) is -3.82. The number of aromatic nitrogens is 2. The molecule has 0 saturated heterocycles. The lowest BCUT2D eigenvalue weighted by Crippen LogP contribution is -2.32. The van der Waals surface area contributed by atoms with E-state index in [-0.39, 0.29) is 15.9 Å². The molecule has 0 aliphatic carbocycles. The summed E-state index contributed by atoms with van der Waals surface area (Å²) in [6, 6.07) is 5.75. The molecule has 0 atom stereocenters. The Morgan fingerprint density at radius 3 is 2.46 bits per heavy atom. The molecule has 0 aliphatic rings. The Morgan fingerprint density at radius 1 is 1.21 bits per heavy atom. The van der Waals surface area contributed by atoms with E-state index in [2.05, 4.69) is 21.8 Å². The third-order valence-electron chi connectivity index (χ3n) is 3.92. The summed E-state index contributed by atoms with van der Waals surface area (Å²) < 4.78 is 27.6. The quantitative estimate of drug-likeness (QED) is 0.550. The Labute approximate surface area is 169 Å². The number of carbonyl (C=O) groups is 1. The standard InChI is InChI=1S/C18H26N4O4S2/c1-4-5-6-7-16-19-20-17(27-16)21-28(25,26)15-10-8-14(9-11-15)22(18(23)24)12-13(2)3/h8-11,13H,4-7,12H2,1-3H3,(H,20,21)(H,23,24). The van der Waals surface area contributed by atoms with E-state index >= 15 is 0 Å². The van der Waals surface area contributed by atoms with Crippen LogP contribution in [0, 0.1) is 5.92 Å². The fraction of sp³-hybridized carbons (Fsp3) is 0.500. The summed E-state index contributed by atoms with van der Waals surface area (Å²) in [6.45, 7) is 6.27. The number of nitrogens with zero attached hydrogens (tertiary/aromatic N) is 3. The van der Waals surface area contributed by atoms with Crippen molar-refractivity contribution in [3.63, 3.8) is 0 Å². The number of amides is 1. The smallest absolute Gasteiger partial charge is 0.411 e. The summed E-state index contributed by atoms with van der Waals surface area (Å²) in [5.74, 6) is 0.144. The van der Waals surface area contributed by atoms with E-state index in [1.54, 1.807) is 0 Å². The molecule has 1 heterocycles. The third kappa shape index (κ3) is 6.16. The van der Waals surface area contributed by atoms with E-state index in [0.717, 1.165) is 30.7 Å². The predicted octanol–water partition coefficient (Wildman–Crippen LogP) is 4.21. The van der Waals surface area contributed by atoms with Gasteiger partial charge in [-0.15, -0.1) is 10.2 Å². The Hall–Kier alpha value is -2.20. The molecular weight excluding hydrogens is 400 g/mol. The molecule has 10 heteroatoms. The zero-order chi connectivity index (χ0) is 20.7. The van der Waals surface area contributed by atoms with E-state index in [9.17, 15) is 18.3 Å². The lowest BCUT2D eigenvalue weighted by molar-refractivity contribution is 0.201. The molecule has 2 aromatic rings. The molecule has 0 saturated carbocycles. The fourth-order valence-corrected chi connectivity index (χ4v) is 4.57. The Morgan fingerprint density at radius 2 is 1.89 bits per heavy atom. The normalized spacial score (nSPS) is 11.6. The second kappa shape index (κ2) is 9.83. The van der Waals surface area contributed by atoms with Crippen LogP contribution in [0.1, 0.15) is 45.0 Å². The van der Waals surface area contributed by atoms with Crippen molar-refractivity contribution in [3.8, 4) is 0 Å². The van der Waals surface area contributed by atoms with Gasteiger partial charge in [0, 0.05) is 18.7 Å². The zero-order valence-electron chi connectivity index (χ0n) is 16.3. The molecule has 0 unspecified atom stereocenters. The first-order chi connectivity index (χ1) is 13.2. The van der Waals surface area contributed by atoms with Crippen molar-refractivity contribution in [1.29, 1.82) is 0 Å². The summed E-state index contributed by atoms with van der Waals surface area (Å²) >= 11 is 1.23. The van der Waals surface area contributed by atoms with Crippen molar-refractivity contribution < 1.29 is 18.3 Å². The summed E-state index contributed by atoms with van der Waals surface area (Å²) in [4.78, 5) is 12.7. The van der Waals surface area contributed by atoms with E-state index in [1.807, 2.05) is 13.8 Å². The highest BCUT2D eigenvalue weighted by Gasteiger charge is 2.20. The van der Waals surface area contributed by atoms with Gasteiger partial charge in [-0.3, -0.25) is 9.62 Å². The van der Waals surface area contributed by atoms with Crippen molar-refractivity contribution in [2.75, 3.05) is 16.2 Å². The molecule has 0 aliphatic heterocycles. The number of sulfonamides is 1. The van der Waals surface area contributed by atoms with Gasteiger partial charge in [-0.25, -0.2) is 13.2 Å². The van der Waals surface area contributed by atoms with E-state index in [4.69, 9.17) is 0 Å². The van der Waals surface area contributed by atoms with Crippen LogP contribution < -0.4 is 9.62 Å². The highest BCUT2D eigenvalue weighted by Crippen LogP contribution is 2.23. The van der Waals surface area contributed by atoms with Gasteiger partial charge >= 0.3 is 6.09 Å². The van der Waals surface area contributed by atoms with Crippen LogP contribution in [0.15, 0.2) is 29.2 Å². The molecule has 2 rings (SSSR count). The maximum absolute atomic E-state index is 12.6. The van der Waals surface area contributed by atoms with E-state index in [1.165, 1.54) is 40.5 Å². The van der Waals surface area contributed by atoms with Crippen molar-refractivity contribution in [2.45, 2.75) is 51.3 Å². The number of hydrogen-bond acceptors (Lipinski definition) is 6. The van der Waals surface area contributed by atoms with Crippen molar-refractivity contribution in [2.24, 2.45) is 5.92 Å². The monoisotopic (exact) mass is 426 g/mol. The first kappa shape index (κ1) is 22.1. The Balaban J connectivity index is 2.10. The van der Waals surface area contributed by atoms with Gasteiger partial charge < -0.3 is 5.11 Å². The molecule has 154 valence electrons. The summed E-state index contributed by atoms with van der Waals surface area (Å²) in [6.07, 6.45) is 2.90.